The quantitative estimate of drug-likeness (QED) is 0.918. The molecule has 5 heteroatoms. The molecule has 1 aromatic carbocycles. The number of hydrogen-bond donors (Lipinski definition) is 1. The van der Waals surface area contributed by atoms with Crippen LogP contribution in [0.1, 0.15) is 19.4 Å². The smallest absolute Gasteiger partial charge is 0.307 e. The lowest BCUT2D eigenvalue weighted by Crippen LogP contribution is -2.12. The van der Waals surface area contributed by atoms with Gasteiger partial charge in [0.25, 0.3) is 0 Å². The van der Waals surface area contributed by atoms with Gasteiger partial charge in [-0.1, -0.05) is 31.5 Å². The van der Waals surface area contributed by atoms with E-state index in [-0.39, 0.29) is 16.6 Å². The van der Waals surface area contributed by atoms with Crippen LogP contribution in [-0.2, 0) is 14.6 Å². The molecule has 0 heterocycles. The van der Waals surface area contributed by atoms with Crippen LogP contribution < -0.4 is 0 Å². The molecular formula is C14H18O4S. The predicted octanol–water partition coefficient (Wildman–Crippen LogP) is 2.13. The van der Waals surface area contributed by atoms with Gasteiger partial charge >= 0.3 is 5.97 Å². The number of carbonyl (C=O) groups is 1. The van der Waals surface area contributed by atoms with Gasteiger partial charge in [0, 0.05) is 0 Å². The van der Waals surface area contributed by atoms with E-state index in [9.17, 15) is 13.2 Å². The zero-order chi connectivity index (χ0) is 14.4. The van der Waals surface area contributed by atoms with Gasteiger partial charge in [0.15, 0.2) is 9.84 Å². The maximum atomic E-state index is 12.3. The molecule has 0 spiro atoms. The topological polar surface area (TPSA) is 71.4 Å². The summed E-state index contributed by atoms with van der Waals surface area (Å²) < 4.78 is 24.5. The van der Waals surface area contributed by atoms with E-state index in [2.05, 4.69) is 0 Å². The molecule has 2 atom stereocenters. The minimum Gasteiger partial charge on any atom is -0.481 e. The lowest BCUT2D eigenvalue weighted by molar-refractivity contribution is -0.139. The number of carboxylic acid groups (broad SMARTS) is 1. The maximum Gasteiger partial charge on any atom is 0.307 e. The van der Waals surface area contributed by atoms with Crippen LogP contribution in [0.5, 0.6) is 0 Å². The first kappa shape index (κ1) is 14.1. The number of sulfone groups is 1. The molecular weight excluding hydrogens is 264 g/mol. The zero-order valence-corrected chi connectivity index (χ0v) is 12.1. The highest BCUT2D eigenvalue weighted by Gasteiger charge is 2.63. The zero-order valence-electron chi connectivity index (χ0n) is 11.3. The van der Waals surface area contributed by atoms with Crippen molar-refractivity contribution in [3.05, 3.63) is 29.8 Å². The van der Waals surface area contributed by atoms with Crippen molar-refractivity contribution in [2.24, 2.45) is 17.3 Å². The second kappa shape index (κ2) is 4.34. The van der Waals surface area contributed by atoms with Crippen LogP contribution in [0.25, 0.3) is 0 Å². The van der Waals surface area contributed by atoms with Crippen molar-refractivity contribution >= 4 is 15.8 Å². The van der Waals surface area contributed by atoms with Crippen LogP contribution in [-0.4, -0.2) is 25.2 Å². The first-order valence-electron chi connectivity index (χ1n) is 6.18. The van der Waals surface area contributed by atoms with Gasteiger partial charge in [-0.3, -0.25) is 4.79 Å². The summed E-state index contributed by atoms with van der Waals surface area (Å²) in [5.41, 5.74) is 0.554. The van der Waals surface area contributed by atoms with Crippen molar-refractivity contribution in [2.75, 3.05) is 5.75 Å². The van der Waals surface area contributed by atoms with Crippen molar-refractivity contribution < 1.29 is 18.3 Å². The average Bonchev–Trinajstić information content (AvgIpc) is 2.80. The summed E-state index contributed by atoms with van der Waals surface area (Å²) in [6.07, 6.45) is 0. The molecule has 0 aliphatic heterocycles. The van der Waals surface area contributed by atoms with Gasteiger partial charge < -0.3 is 5.11 Å². The summed E-state index contributed by atoms with van der Waals surface area (Å²) >= 11 is 0. The van der Waals surface area contributed by atoms with Crippen LogP contribution in [0.3, 0.4) is 0 Å². The molecule has 1 aromatic rings. The molecule has 19 heavy (non-hydrogen) atoms. The highest BCUT2D eigenvalue weighted by atomic mass is 32.2. The molecule has 2 unspecified atom stereocenters. The van der Waals surface area contributed by atoms with E-state index >= 15 is 0 Å². The first-order valence-corrected chi connectivity index (χ1v) is 7.84. The second-order valence-corrected chi connectivity index (χ2v) is 7.87. The summed E-state index contributed by atoms with van der Waals surface area (Å²) in [6, 6.07) is 6.66. The van der Waals surface area contributed by atoms with E-state index in [4.69, 9.17) is 5.11 Å². The fourth-order valence-electron chi connectivity index (χ4n) is 2.62. The van der Waals surface area contributed by atoms with Crippen molar-refractivity contribution in [1.29, 1.82) is 0 Å². The summed E-state index contributed by atoms with van der Waals surface area (Å²) in [5.74, 6) is -1.88. The number of rotatable bonds is 4. The molecule has 1 N–H and O–H groups in total. The van der Waals surface area contributed by atoms with Gasteiger partial charge in [-0.15, -0.1) is 0 Å². The number of aryl methyl sites for hydroxylation is 1. The van der Waals surface area contributed by atoms with Crippen LogP contribution in [0, 0.1) is 24.2 Å². The van der Waals surface area contributed by atoms with Crippen LogP contribution in [0.15, 0.2) is 29.2 Å². The summed E-state index contributed by atoms with van der Waals surface area (Å²) in [5, 5.41) is 9.07. The third-order valence-corrected chi connectivity index (χ3v) is 5.88. The van der Waals surface area contributed by atoms with Crippen molar-refractivity contribution in [2.45, 2.75) is 25.7 Å². The van der Waals surface area contributed by atoms with Gasteiger partial charge in [-0.2, -0.15) is 0 Å². The molecule has 104 valence electrons. The fraction of sp³-hybridized carbons (Fsp3) is 0.500. The number of hydrogen-bond acceptors (Lipinski definition) is 3. The average molecular weight is 282 g/mol. The Hall–Kier alpha value is -1.36. The SMILES string of the molecule is Cc1ccc(S(=O)(=O)CC2C(C(=O)O)C2(C)C)cc1. The third kappa shape index (κ3) is 2.52. The number of benzene rings is 1. The lowest BCUT2D eigenvalue weighted by Gasteiger charge is -2.05. The fourth-order valence-corrected chi connectivity index (χ4v) is 4.46. The van der Waals surface area contributed by atoms with Gasteiger partial charge in [-0.05, 0) is 30.4 Å². The second-order valence-electron chi connectivity index (χ2n) is 5.84. The Kier molecular flexibility index (Phi) is 3.21. The van der Waals surface area contributed by atoms with E-state index < -0.39 is 27.1 Å². The summed E-state index contributed by atoms with van der Waals surface area (Å²) in [6.45, 7) is 5.50. The molecule has 0 bridgehead atoms. The van der Waals surface area contributed by atoms with Crippen molar-refractivity contribution in [3.8, 4) is 0 Å². The standard InChI is InChI=1S/C14H18O4S/c1-9-4-6-10(7-5-9)19(17,18)8-11-12(13(15)16)14(11,2)3/h4-7,11-12H,8H2,1-3H3,(H,15,16). The lowest BCUT2D eigenvalue weighted by atomic mass is 10.1. The maximum absolute atomic E-state index is 12.3. The van der Waals surface area contributed by atoms with Crippen molar-refractivity contribution in [3.63, 3.8) is 0 Å². The Bertz CT molecular complexity index is 599. The Morgan fingerprint density at radius 2 is 1.79 bits per heavy atom. The van der Waals surface area contributed by atoms with E-state index in [1.807, 2.05) is 6.92 Å². The molecule has 1 aliphatic rings. The Labute approximate surface area is 113 Å². The van der Waals surface area contributed by atoms with Crippen LogP contribution >= 0.6 is 0 Å². The molecule has 0 amide bonds. The third-order valence-electron chi connectivity index (χ3n) is 4.10. The summed E-state index contributed by atoms with van der Waals surface area (Å²) in [7, 11) is -3.41. The predicted molar refractivity (Wildman–Crippen MR) is 71.6 cm³/mol. The monoisotopic (exact) mass is 282 g/mol. The molecule has 0 aromatic heterocycles. The molecule has 2 rings (SSSR count). The van der Waals surface area contributed by atoms with Crippen molar-refractivity contribution in [1.82, 2.24) is 0 Å². The largest absolute Gasteiger partial charge is 0.481 e. The first-order chi connectivity index (χ1) is 8.66. The highest BCUT2D eigenvalue weighted by molar-refractivity contribution is 7.91. The number of aliphatic carboxylic acids is 1. The Morgan fingerprint density at radius 3 is 2.21 bits per heavy atom. The normalized spacial score (nSPS) is 25.0. The molecule has 1 fully saturated rings. The van der Waals surface area contributed by atoms with E-state index in [1.54, 1.807) is 38.1 Å². The molecule has 1 aliphatic carbocycles. The van der Waals surface area contributed by atoms with Gasteiger partial charge in [-0.25, -0.2) is 8.42 Å². The van der Waals surface area contributed by atoms with E-state index in [0.717, 1.165) is 5.56 Å². The highest BCUT2D eigenvalue weighted by Crippen LogP contribution is 2.59. The van der Waals surface area contributed by atoms with Crippen LogP contribution in [0.4, 0.5) is 0 Å². The molecule has 0 radical (unpaired) electrons. The molecule has 1 saturated carbocycles. The Balaban J connectivity index is 2.20. The van der Waals surface area contributed by atoms with E-state index in [1.165, 1.54) is 0 Å². The Morgan fingerprint density at radius 1 is 1.26 bits per heavy atom. The minimum atomic E-state index is -3.41. The van der Waals surface area contributed by atoms with Gasteiger partial charge in [0.2, 0.25) is 0 Å². The van der Waals surface area contributed by atoms with E-state index in [0.29, 0.717) is 0 Å². The molecule has 4 nitrogen and oxygen atoms in total. The number of carboxylic acids is 1. The minimum absolute atomic E-state index is 0.0972. The molecule has 0 saturated heterocycles. The van der Waals surface area contributed by atoms with Crippen LogP contribution in [0.2, 0.25) is 0 Å². The van der Waals surface area contributed by atoms with Gasteiger partial charge in [0.1, 0.15) is 0 Å². The summed E-state index contributed by atoms with van der Waals surface area (Å²) in [4.78, 5) is 11.3. The van der Waals surface area contributed by atoms with Gasteiger partial charge in [0.05, 0.1) is 16.6 Å².